The Kier molecular flexibility index (Phi) is 6.81. The molecule has 0 bridgehead atoms. The van der Waals surface area contributed by atoms with Crippen LogP contribution < -0.4 is 5.32 Å². The molecule has 1 heterocycles. The first-order valence-corrected chi connectivity index (χ1v) is 9.61. The van der Waals surface area contributed by atoms with Gasteiger partial charge in [-0.25, -0.2) is 0 Å². The van der Waals surface area contributed by atoms with Crippen LogP contribution in [0.25, 0.3) is 0 Å². The Hall–Kier alpha value is -2.17. The molecule has 1 fully saturated rings. The van der Waals surface area contributed by atoms with E-state index in [1.807, 2.05) is 18.2 Å². The monoisotopic (exact) mass is 351 g/mol. The molecule has 0 aliphatic carbocycles. The standard InChI is InChI=1S/C22H29N3O/c1-2-20-10-6-7-11-21(20)23-22(26)18-25-16-14-24(15-17-25)13-12-19-8-4-3-5-9-19/h3-11H,2,12-18H2,1H3,(H,23,26). The molecule has 1 saturated heterocycles. The molecule has 1 N–H and O–H groups in total. The van der Waals surface area contributed by atoms with Crippen molar-refractivity contribution in [2.75, 3.05) is 44.6 Å². The number of benzene rings is 2. The van der Waals surface area contributed by atoms with Crippen molar-refractivity contribution in [3.63, 3.8) is 0 Å². The van der Waals surface area contributed by atoms with E-state index in [1.165, 1.54) is 11.1 Å². The van der Waals surface area contributed by atoms with Crippen LogP contribution in [0.15, 0.2) is 54.6 Å². The minimum absolute atomic E-state index is 0.0867. The van der Waals surface area contributed by atoms with Crippen molar-refractivity contribution in [1.29, 1.82) is 0 Å². The fraction of sp³-hybridized carbons (Fsp3) is 0.409. The van der Waals surface area contributed by atoms with Gasteiger partial charge in [0.1, 0.15) is 0 Å². The Balaban J connectivity index is 1.40. The summed E-state index contributed by atoms with van der Waals surface area (Å²) >= 11 is 0. The molecule has 4 heteroatoms. The summed E-state index contributed by atoms with van der Waals surface area (Å²) in [6.45, 7) is 7.66. The SMILES string of the molecule is CCc1ccccc1NC(=O)CN1CCN(CCc2ccccc2)CC1. The Bertz CT molecular complexity index is 694. The van der Waals surface area contributed by atoms with E-state index >= 15 is 0 Å². The van der Waals surface area contributed by atoms with Gasteiger partial charge >= 0.3 is 0 Å². The lowest BCUT2D eigenvalue weighted by Crippen LogP contribution is -2.49. The summed E-state index contributed by atoms with van der Waals surface area (Å²) in [5.74, 6) is 0.0867. The first-order chi connectivity index (χ1) is 12.7. The molecule has 3 rings (SSSR count). The van der Waals surface area contributed by atoms with Crippen molar-refractivity contribution in [1.82, 2.24) is 9.80 Å². The summed E-state index contributed by atoms with van der Waals surface area (Å²) in [5.41, 5.74) is 3.52. The van der Waals surface area contributed by atoms with E-state index < -0.39 is 0 Å². The minimum atomic E-state index is 0.0867. The van der Waals surface area contributed by atoms with Gasteiger partial charge in [-0.2, -0.15) is 0 Å². The second kappa shape index (κ2) is 9.51. The number of piperazine rings is 1. The number of nitrogens with zero attached hydrogens (tertiary/aromatic N) is 2. The maximum atomic E-state index is 12.4. The van der Waals surface area contributed by atoms with Crippen molar-refractivity contribution in [2.45, 2.75) is 19.8 Å². The fourth-order valence-corrected chi connectivity index (χ4v) is 3.45. The van der Waals surface area contributed by atoms with Gasteiger partial charge in [-0.05, 0) is 30.0 Å². The van der Waals surface area contributed by atoms with Crippen LogP contribution in [-0.2, 0) is 17.6 Å². The highest BCUT2D eigenvalue weighted by Gasteiger charge is 2.19. The molecule has 0 atom stereocenters. The van der Waals surface area contributed by atoms with E-state index in [2.05, 4.69) is 58.4 Å². The van der Waals surface area contributed by atoms with Gasteiger partial charge in [0.25, 0.3) is 0 Å². The van der Waals surface area contributed by atoms with Gasteiger partial charge < -0.3 is 10.2 Å². The van der Waals surface area contributed by atoms with Crippen molar-refractivity contribution in [3.8, 4) is 0 Å². The number of amides is 1. The van der Waals surface area contributed by atoms with Gasteiger partial charge in [0.15, 0.2) is 0 Å². The number of rotatable bonds is 7. The number of aryl methyl sites for hydroxylation is 1. The molecule has 0 saturated carbocycles. The maximum Gasteiger partial charge on any atom is 0.238 e. The number of hydrogen-bond donors (Lipinski definition) is 1. The van der Waals surface area contributed by atoms with Crippen LogP contribution in [-0.4, -0.2) is 55.0 Å². The molecule has 26 heavy (non-hydrogen) atoms. The molecule has 138 valence electrons. The third-order valence-electron chi connectivity index (χ3n) is 5.06. The summed E-state index contributed by atoms with van der Waals surface area (Å²) < 4.78 is 0. The van der Waals surface area contributed by atoms with Crippen molar-refractivity contribution in [2.24, 2.45) is 0 Å². The molecule has 2 aromatic carbocycles. The minimum Gasteiger partial charge on any atom is -0.325 e. The molecular formula is C22H29N3O. The highest BCUT2D eigenvalue weighted by Crippen LogP contribution is 2.15. The summed E-state index contributed by atoms with van der Waals surface area (Å²) in [4.78, 5) is 17.1. The average Bonchev–Trinajstić information content (AvgIpc) is 2.68. The van der Waals surface area contributed by atoms with Gasteiger partial charge in [0.2, 0.25) is 5.91 Å². The van der Waals surface area contributed by atoms with Gasteiger partial charge in [-0.15, -0.1) is 0 Å². The van der Waals surface area contributed by atoms with Crippen LogP contribution in [0.4, 0.5) is 5.69 Å². The predicted octanol–water partition coefficient (Wildman–Crippen LogP) is 3.05. The number of nitrogens with one attached hydrogen (secondary N) is 1. The van der Waals surface area contributed by atoms with Crippen LogP contribution >= 0.6 is 0 Å². The van der Waals surface area contributed by atoms with Crippen LogP contribution in [0.5, 0.6) is 0 Å². The summed E-state index contributed by atoms with van der Waals surface area (Å²) in [6.07, 6.45) is 2.02. The Morgan fingerprint density at radius 2 is 1.58 bits per heavy atom. The van der Waals surface area contributed by atoms with Gasteiger partial charge in [-0.1, -0.05) is 55.5 Å². The second-order valence-corrected chi connectivity index (χ2v) is 6.91. The fourth-order valence-electron chi connectivity index (χ4n) is 3.45. The molecule has 0 spiro atoms. The van der Waals surface area contributed by atoms with Crippen molar-refractivity contribution in [3.05, 3.63) is 65.7 Å². The smallest absolute Gasteiger partial charge is 0.238 e. The lowest BCUT2D eigenvalue weighted by molar-refractivity contribution is -0.117. The number of carbonyl (C=O) groups is 1. The molecular weight excluding hydrogens is 322 g/mol. The van der Waals surface area contributed by atoms with E-state index in [4.69, 9.17) is 0 Å². The molecule has 2 aromatic rings. The average molecular weight is 351 g/mol. The van der Waals surface area contributed by atoms with E-state index in [-0.39, 0.29) is 5.91 Å². The van der Waals surface area contributed by atoms with Gasteiger partial charge in [0, 0.05) is 38.4 Å². The summed E-state index contributed by atoms with van der Waals surface area (Å²) in [5, 5.41) is 3.07. The van der Waals surface area contributed by atoms with E-state index in [0.717, 1.165) is 51.3 Å². The van der Waals surface area contributed by atoms with Crippen molar-refractivity contribution >= 4 is 11.6 Å². The number of para-hydroxylation sites is 1. The van der Waals surface area contributed by atoms with Crippen LogP contribution in [0.1, 0.15) is 18.1 Å². The normalized spacial score (nSPS) is 15.7. The largest absolute Gasteiger partial charge is 0.325 e. The molecule has 4 nitrogen and oxygen atoms in total. The second-order valence-electron chi connectivity index (χ2n) is 6.91. The molecule has 0 aromatic heterocycles. The van der Waals surface area contributed by atoms with Crippen LogP contribution in [0.2, 0.25) is 0 Å². The first kappa shape index (κ1) is 18.6. The highest BCUT2D eigenvalue weighted by atomic mass is 16.2. The molecule has 0 radical (unpaired) electrons. The molecule has 1 amide bonds. The quantitative estimate of drug-likeness (QED) is 0.833. The number of hydrogen-bond acceptors (Lipinski definition) is 3. The van der Waals surface area contributed by atoms with E-state index in [1.54, 1.807) is 0 Å². The molecule has 1 aliphatic heterocycles. The Morgan fingerprint density at radius 3 is 2.31 bits per heavy atom. The predicted molar refractivity (Wildman–Crippen MR) is 107 cm³/mol. The lowest BCUT2D eigenvalue weighted by Gasteiger charge is -2.34. The van der Waals surface area contributed by atoms with E-state index in [9.17, 15) is 4.79 Å². The van der Waals surface area contributed by atoms with Crippen LogP contribution in [0.3, 0.4) is 0 Å². The zero-order valence-corrected chi connectivity index (χ0v) is 15.7. The van der Waals surface area contributed by atoms with Crippen molar-refractivity contribution < 1.29 is 4.79 Å². The lowest BCUT2D eigenvalue weighted by atomic mass is 10.1. The van der Waals surface area contributed by atoms with Gasteiger partial charge in [0.05, 0.1) is 6.54 Å². The molecule has 0 unspecified atom stereocenters. The first-order valence-electron chi connectivity index (χ1n) is 9.61. The highest BCUT2D eigenvalue weighted by molar-refractivity contribution is 5.93. The summed E-state index contributed by atoms with van der Waals surface area (Å²) in [7, 11) is 0. The third-order valence-corrected chi connectivity index (χ3v) is 5.06. The zero-order chi connectivity index (χ0) is 18.2. The van der Waals surface area contributed by atoms with Crippen LogP contribution in [0, 0.1) is 0 Å². The summed E-state index contributed by atoms with van der Waals surface area (Å²) in [6, 6.07) is 18.7. The zero-order valence-electron chi connectivity index (χ0n) is 15.7. The van der Waals surface area contributed by atoms with Gasteiger partial charge in [-0.3, -0.25) is 9.69 Å². The number of carbonyl (C=O) groups excluding carboxylic acids is 1. The molecule has 1 aliphatic rings. The maximum absolute atomic E-state index is 12.4. The Morgan fingerprint density at radius 1 is 0.923 bits per heavy atom. The van der Waals surface area contributed by atoms with E-state index in [0.29, 0.717) is 6.54 Å². The Labute approximate surface area is 156 Å². The third kappa shape index (κ3) is 5.41. The topological polar surface area (TPSA) is 35.6 Å². The number of anilines is 1.